The molecule has 1 amide bonds. The zero-order chi connectivity index (χ0) is 21.8. The van der Waals surface area contributed by atoms with Gasteiger partial charge in [-0.15, -0.1) is 0 Å². The van der Waals surface area contributed by atoms with Gasteiger partial charge in [0.15, 0.2) is 16.6 Å². The van der Waals surface area contributed by atoms with E-state index in [1.807, 2.05) is 6.92 Å². The summed E-state index contributed by atoms with van der Waals surface area (Å²) in [4.78, 5) is 27.4. The molecule has 0 saturated carbocycles. The first-order valence-corrected chi connectivity index (χ1v) is 9.30. The molecule has 0 aliphatic rings. The molecule has 3 rings (SSSR count). The molecule has 0 atom stereocenters. The highest BCUT2D eigenvalue weighted by Gasteiger charge is 2.26. The Balaban J connectivity index is 1.93. The zero-order valence-electron chi connectivity index (χ0n) is 15.7. The van der Waals surface area contributed by atoms with E-state index in [1.54, 1.807) is 18.2 Å². The number of carbonyl (C=O) groups is 1. The van der Waals surface area contributed by atoms with Crippen molar-refractivity contribution in [1.29, 1.82) is 0 Å². The van der Waals surface area contributed by atoms with Gasteiger partial charge >= 0.3 is 6.61 Å². The number of alkyl halides is 2. The predicted octanol–water partition coefficient (Wildman–Crippen LogP) is 4.47. The number of rotatable bonds is 8. The van der Waals surface area contributed by atoms with Crippen molar-refractivity contribution < 1.29 is 32.7 Å². The lowest BCUT2D eigenvalue weighted by molar-refractivity contribution is -0.385. The highest BCUT2D eigenvalue weighted by molar-refractivity contribution is 7.22. The van der Waals surface area contributed by atoms with Gasteiger partial charge in [-0.05, 0) is 25.1 Å². The smallest absolute Gasteiger partial charge is 0.387 e. The molecule has 30 heavy (non-hydrogen) atoms. The number of amides is 1. The minimum Gasteiger partial charge on any atom is -0.494 e. The fourth-order valence-electron chi connectivity index (χ4n) is 2.61. The molecule has 0 fully saturated rings. The summed E-state index contributed by atoms with van der Waals surface area (Å²) >= 11 is 1.15. The molecule has 12 heteroatoms. The number of thiazole rings is 1. The Morgan fingerprint density at radius 2 is 2.07 bits per heavy atom. The zero-order valence-corrected chi connectivity index (χ0v) is 16.5. The average molecular weight is 439 g/mol. The lowest BCUT2D eigenvalue weighted by Gasteiger charge is -2.11. The van der Waals surface area contributed by atoms with Gasteiger partial charge in [0.05, 0.1) is 34.9 Å². The van der Waals surface area contributed by atoms with Gasteiger partial charge in [-0.25, -0.2) is 4.98 Å². The maximum absolute atomic E-state index is 12.7. The minimum absolute atomic E-state index is 0.199. The molecular weight excluding hydrogens is 424 g/mol. The van der Waals surface area contributed by atoms with Crippen LogP contribution in [0.2, 0.25) is 0 Å². The molecule has 1 aromatic heterocycles. The van der Waals surface area contributed by atoms with Crippen LogP contribution in [0.1, 0.15) is 17.3 Å². The van der Waals surface area contributed by atoms with E-state index in [-0.39, 0.29) is 10.9 Å². The van der Waals surface area contributed by atoms with Gasteiger partial charge in [-0.1, -0.05) is 11.3 Å². The molecule has 3 aromatic rings. The van der Waals surface area contributed by atoms with E-state index in [1.165, 1.54) is 0 Å². The van der Waals surface area contributed by atoms with Crippen LogP contribution >= 0.6 is 11.3 Å². The average Bonchev–Trinajstić information content (AvgIpc) is 3.08. The summed E-state index contributed by atoms with van der Waals surface area (Å²) in [5, 5.41) is 14.1. The lowest BCUT2D eigenvalue weighted by atomic mass is 10.1. The fraction of sp³-hybridized carbons (Fsp3) is 0.222. The van der Waals surface area contributed by atoms with Crippen LogP contribution in [-0.4, -0.2) is 36.1 Å². The first-order chi connectivity index (χ1) is 14.3. The number of methoxy groups -OCH3 is 1. The van der Waals surface area contributed by atoms with E-state index in [4.69, 9.17) is 9.47 Å². The van der Waals surface area contributed by atoms with Gasteiger partial charge in [-0.2, -0.15) is 8.78 Å². The SMILES string of the molecule is CCOc1ccc2nc(NC(=O)c3cc(OC)c(OC(F)F)cc3[N+](=O)[O-])sc2c1. The number of benzene rings is 2. The van der Waals surface area contributed by atoms with Crippen LogP contribution in [-0.2, 0) is 0 Å². The maximum atomic E-state index is 12.7. The monoisotopic (exact) mass is 439 g/mol. The maximum Gasteiger partial charge on any atom is 0.387 e. The predicted molar refractivity (Wildman–Crippen MR) is 105 cm³/mol. The number of nitro benzene ring substituents is 1. The largest absolute Gasteiger partial charge is 0.494 e. The molecule has 0 saturated heterocycles. The number of hydrogen-bond donors (Lipinski definition) is 1. The molecule has 0 radical (unpaired) electrons. The van der Waals surface area contributed by atoms with Crippen molar-refractivity contribution >= 4 is 38.3 Å². The van der Waals surface area contributed by atoms with Crippen LogP contribution in [0.5, 0.6) is 17.2 Å². The summed E-state index contributed by atoms with van der Waals surface area (Å²) in [6.07, 6.45) is 0. The van der Waals surface area contributed by atoms with Crippen LogP contribution in [0, 0.1) is 10.1 Å². The Morgan fingerprint density at radius 3 is 2.70 bits per heavy atom. The molecule has 9 nitrogen and oxygen atoms in total. The lowest BCUT2D eigenvalue weighted by Crippen LogP contribution is -2.15. The van der Waals surface area contributed by atoms with E-state index < -0.39 is 34.4 Å². The summed E-state index contributed by atoms with van der Waals surface area (Å²) in [6, 6.07) is 6.88. The number of aromatic nitrogens is 1. The summed E-state index contributed by atoms with van der Waals surface area (Å²) in [5.74, 6) is -1.02. The first-order valence-electron chi connectivity index (χ1n) is 8.48. The van der Waals surface area contributed by atoms with Gasteiger partial charge in [0.1, 0.15) is 11.3 Å². The number of nitrogens with zero attached hydrogens (tertiary/aromatic N) is 2. The Labute approximate surface area is 172 Å². The molecule has 0 unspecified atom stereocenters. The Bertz CT molecular complexity index is 1100. The van der Waals surface area contributed by atoms with Crippen molar-refractivity contribution in [1.82, 2.24) is 4.98 Å². The highest BCUT2D eigenvalue weighted by Crippen LogP contribution is 2.36. The number of nitro groups is 1. The number of halogens is 2. The van der Waals surface area contributed by atoms with Crippen LogP contribution in [0.25, 0.3) is 10.2 Å². The van der Waals surface area contributed by atoms with Gasteiger partial charge in [0.2, 0.25) is 0 Å². The molecule has 158 valence electrons. The summed E-state index contributed by atoms with van der Waals surface area (Å²) in [6.45, 7) is -0.881. The Kier molecular flexibility index (Phi) is 6.26. The van der Waals surface area contributed by atoms with Crippen molar-refractivity contribution in [2.24, 2.45) is 0 Å². The van der Waals surface area contributed by atoms with E-state index in [2.05, 4.69) is 15.0 Å². The van der Waals surface area contributed by atoms with Gasteiger partial charge in [-0.3, -0.25) is 20.2 Å². The number of carbonyl (C=O) groups excluding carboxylic acids is 1. The molecule has 2 aromatic carbocycles. The number of ether oxygens (including phenoxy) is 3. The Hall–Kier alpha value is -3.54. The molecule has 1 N–H and O–H groups in total. The second-order valence-corrected chi connectivity index (χ2v) is 6.72. The first kappa shape index (κ1) is 21.2. The topological polar surface area (TPSA) is 113 Å². The third-order valence-corrected chi connectivity index (χ3v) is 4.76. The van der Waals surface area contributed by atoms with E-state index in [0.717, 1.165) is 29.2 Å². The highest BCUT2D eigenvalue weighted by atomic mass is 32.1. The molecule has 0 aliphatic carbocycles. The third kappa shape index (κ3) is 4.54. The molecular formula is C18H15F2N3O6S. The fourth-order valence-corrected chi connectivity index (χ4v) is 3.50. The van der Waals surface area contributed by atoms with Crippen molar-refractivity contribution in [2.75, 3.05) is 19.0 Å². The van der Waals surface area contributed by atoms with E-state index in [0.29, 0.717) is 23.9 Å². The van der Waals surface area contributed by atoms with Crippen LogP contribution in [0.15, 0.2) is 30.3 Å². The standard InChI is InChI=1S/C18H15F2N3O6S/c1-3-28-9-4-5-11-15(6-9)30-18(21-11)22-16(24)10-7-13(27-2)14(29-17(19)20)8-12(10)23(25)26/h4-8,17H,3H2,1-2H3,(H,21,22,24). The quantitative estimate of drug-likeness (QED) is 0.407. The van der Waals surface area contributed by atoms with Crippen LogP contribution in [0.3, 0.4) is 0 Å². The second-order valence-electron chi connectivity index (χ2n) is 5.69. The molecule has 0 bridgehead atoms. The van der Waals surface area contributed by atoms with Crippen LogP contribution in [0.4, 0.5) is 19.6 Å². The number of anilines is 1. The van der Waals surface area contributed by atoms with Gasteiger partial charge in [0.25, 0.3) is 11.6 Å². The Morgan fingerprint density at radius 1 is 1.30 bits per heavy atom. The normalized spacial score (nSPS) is 10.8. The number of nitrogens with one attached hydrogen (secondary N) is 1. The third-order valence-electron chi connectivity index (χ3n) is 3.83. The number of fused-ring (bicyclic) bond motifs is 1. The number of hydrogen-bond acceptors (Lipinski definition) is 8. The summed E-state index contributed by atoms with van der Waals surface area (Å²) in [5.41, 5.74) is -0.511. The van der Waals surface area contributed by atoms with E-state index >= 15 is 0 Å². The van der Waals surface area contributed by atoms with Crippen molar-refractivity contribution in [3.63, 3.8) is 0 Å². The van der Waals surface area contributed by atoms with Gasteiger partial charge in [0, 0.05) is 6.07 Å². The van der Waals surface area contributed by atoms with E-state index in [9.17, 15) is 23.7 Å². The van der Waals surface area contributed by atoms with Crippen molar-refractivity contribution in [3.05, 3.63) is 46.0 Å². The van der Waals surface area contributed by atoms with Crippen molar-refractivity contribution in [2.45, 2.75) is 13.5 Å². The van der Waals surface area contributed by atoms with Crippen LogP contribution < -0.4 is 19.5 Å². The minimum atomic E-state index is -3.22. The summed E-state index contributed by atoms with van der Waals surface area (Å²) in [7, 11) is 1.16. The second kappa shape index (κ2) is 8.86. The van der Waals surface area contributed by atoms with Gasteiger partial charge < -0.3 is 14.2 Å². The summed E-state index contributed by atoms with van der Waals surface area (Å²) < 4.78 is 40.4. The van der Waals surface area contributed by atoms with Crippen molar-refractivity contribution in [3.8, 4) is 17.2 Å². The molecule has 1 heterocycles. The molecule has 0 spiro atoms. The molecule has 0 aliphatic heterocycles.